The van der Waals surface area contributed by atoms with E-state index in [0.29, 0.717) is 35.3 Å². The Balaban J connectivity index is 1.28. The lowest BCUT2D eigenvalue weighted by molar-refractivity contribution is -0.235. The smallest absolute Gasteiger partial charge is 0.309 e. The third kappa shape index (κ3) is 6.19. The highest BCUT2D eigenvalue weighted by molar-refractivity contribution is 6.30. The van der Waals surface area contributed by atoms with Gasteiger partial charge < -0.3 is 19.8 Å². The zero-order valence-corrected chi connectivity index (χ0v) is 35.1. The van der Waals surface area contributed by atoms with E-state index in [2.05, 4.69) is 48.5 Å². The molecule has 0 aliphatic heterocycles. The summed E-state index contributed by atoms with van der Waals surface area (Å²) in [5, 5.41) is 22.5. The van der Waals surface area contributed by atoms with Crippen LogP contribution in [0.5, 0.6) is 0 Å². The molecule has 0 aromatic heterocycles. The predicted octanol–water partition coefficient (Wildman–Crippen LogP) is 9.17. The van der Waals surface area contributed by atoms with Crippen molar-refractivity contribution in [2.45, 2.75) is 139 Å². The minimum atomic E-state index is -1.18. The molecule has 5 aliphatic carbocycles. The molecule has 5 aliphatic rings. The molecule has 4 fully saturated rings. The first-order valence-corrected chi connectivity index (χ1v) is 20.7. The minimum absolute atomic E-state index is 0.00848. The van der Waals surface area contributed by atoms with E-state index in [-0.39, 0.29) is 64.3 Å². The molecule has 1 aromatic rings. The van der Waals surface area contributed by atoms with Crippen molar-refractivity contribution >= 4 is 35.2 Å². The molecule has 0 radical (unpaired) electrons. The van der Waals surface area contributed by atoms with Crippen LogP contribution in [0.1, 0.15) is 137 Å². The molecule has 54 heavy (non-hydrogen) atoms. The SMILES string of the molecule is CC(C)C1=C2[C@H]3CC[C@@H]4[C@@]5(C)CC[C@H](OC(=O)CC(C)(C)C(=O)O)C(C)(C)[C@@H]5CC[C@@]4(C)[C@]3(C)CCC2(C(O)CN(C)C(=O)c2ccc(Cl)cc2)CC1=O. The van der Waals surface area contributed by atoms with E-state index in [0.717, 1.165) is 50.5 Å². The van der Waals surface area contributed by atoms with Crippen molar-refractivity contribution in [2.24, 2.45) is 56.2 Å². The molecular weight excluding hydrogens is 702 g/mol. The number of fused-ring (bicyclic) bond motifs is 7. The van der Waals surface area contributed by atoms with Gasteiger partial charge in [-0.3, -0.25) is 19.2 Å². The molecule has 2 N–H and O–H groups in total. The van der Waals surface area contributed by atoms with Crippen LogP contribution in [-0.4, -0.2) is 64.5 Å². The Morgan fingerprint density at radius 3 is 2.19 bits per heavy atom. The molecule has 2 unspecified atom stereocenters. The summed E-state index contributed by atoms with van der Waals surface area (Å²) in [6, 6.07) is 6.81. The van der Waals surface area contributed by atoms with Crippen molar-refractivity contribution in [3.63, 3.8) is 0 Å². The lowest BCUT2D eigenvalue weighted by Crippen LogP contribution is -2.66. The largest absolute Gasteiger partial charge is 0.481 e. The number of allylic oxidation sites excluding steroid dienone is 1. The van der Waals surface area contributed by atoms with Crippen molar-refractivity contribution < 1.29 is 34.1 Å². The number of esters is 1. The normalized spacial score (nSPS) is 36.4. The molecule has 1 aromatic carbocycles. The third-order valence-electron chi connectivity index (χ3n) is 16.4. The summed E-state index contributed by atoms with van der Waals surface area (Å²) in [5.74, 6) is -0.508. The zero-order chi connectivity index (χ0) is 40.0. The molecule has 1 amide bonds. The number of halogens is 1. The van der Waals surface area contributed by atoms with Crippen LogP contribution in [0.3, 0.4) is 0 Å². The number of hydrogen-bond donors (Lipinski definition) is 2. The van der Waals surface area contributed by atoms with Gasteiger partial charge in [-0.2, -0.15) is 0 Å². The summed E-state index contributed by atoms with van der Waals surface area (Å²) in [4.78, 5) is 54.0. The van der Waals surface area contributed by atoms with Gasteiger partial charge in [0.15, 0.2) is 5.78 Å². The maximum Gasteiger partial charge on any atom is 0.309 e. The van der Waals surface area contributed by atoms with Gasteiger partial charge in [-0.25, -0.2) is 0 Å². The van der Waals surface area contributed by atoms with Crippen LogP contribution >= 0.6 is 11.6 Å². The number of ether oxygens (including phenoxy) is 1. The first kappa shape index (κ1) is 40.9. The molecular formula is C45H64ClNO7. The number of aliphatic hydroxyl groups excluding tert-OH is 1. The van der Waals surface area contributed by atoms with E-state index in [1.165, 1.54) is 5.57 Å². The summed E-state index contributed by atoms with van der Waals surface area (Å²) in [6.45, 7) is 19.5. The third-order valence-corrected chi connectivity index (χ3v) is 16.6. The van der Waals surface area contributed by atoms with Crippen molar-refractivity contribution in [2.75, 3.05) is 13.6 Å². The van der Waals surface area contributed by atoms with Crippen molar-refractivity contribution in [1.82, 2.24) is 4.90 Å². The number of carboxylic acids is 1. The van der Waals surface area contributed by atoms with Crippen molar-refractivity contribution in [1.29, 1.82) is 0 Å². The number of amides is 1. The summed E-state index contributed by atoms with van der Waals surface area (Å²) < 4.78 is 6.16. The highest BCUT2D eigenvalue weighted by Crippen LogP contribution is 2.77. The number of likely N-dealkylation sites (N-methyl/N-ethyl adjacent to an activating group) is 1. The Labute approximate surface area is 327 Å². The topological polar surface area (TPSA) is 121 Å². The number of carbonyl (C=O) groups is 4. The Morgan fingerprint density at radius 1 is 0.926 bits per heavy atom. The Bertz CT molecular complexity index is 1730. The van der Waals surface area contributed by atoms with Crippen LogP contribution in [0.25, 0.3) is 0 Å². The van der Waals surface area contributed by atoms with Crippen molar-refractivity contribution in [3.05, 3.63) is 46.0 Å². The summed E-state index contributed by atoms with van der Waals surface area (Å²) >= 11 is 6.08. The van der Waals surface area contributed by atoms with Crippen LogP contribution in [0.2, 0.25) is 5.02 Å². The van der Waals surface area contributed by atoms with Crippen LogP contribution in [0, 0.1) is 56.2 Å². The Hall–Kier alpha value is -2.71. The van der Waals surface area contributed by atoms with E-state index >= 15 is 0 Å². The number of benzene rings is 1. The highest BCUT2D eigenvalue weighted by Gasteiger charge is 2.71. The fourth-order valence-corrected chi connectivity index (χ4v) is 13.4. The average molecular weight is 766 g/mol. The summed E-state index contributed by atoms with van der Waals surface area (Å²) in [5.41, 5.74) is 0.374. The van der Waals surface area contributed by atoms with Gasteiger partial charge in [0.1, 0.15) is 6.10 Å². The predicted molar refractivity (Wildman–Crippen MR) is 210 cm³/mol. The molecule has 0 heterocycles. The number of hydrogen-bond acceptors (Lipinski definition) is 6. The molecule has 9 atom stereocenters. The summed E-state index contributed by atoms with van der Waals surface area (Å²) in [6.07, 6.45) is 6.33. The molecule has 0 spiro atoms. The molecule has 9 heteroatoms. The summed E-state index contributed by atoms with van der Waals surface area (Å²) in [7, 11) is 1.73. The maximum atomic E-state index is 14.1. The van der Waals surface area contributed by atoms with Crippen molar-refractivity contribution in [3.8, 4) is 0 Å². The second-order valence-electron chi connectivity index (χ2n) is 20.3. The molecule has 6 rings (SSSR count). The quantitative estimate of drug-likeness (QED) is 0.241. The number of aliphatic carboxylic acids is 1. The minimum Gasteiger partial charge on any atom is -0.481 e. The van der Waals surface area contributed by atoms with Gasteiger partial charge in [-0.05, 0) is 135 Å². The van der Waals surface area contributed by atoms with Crippen LogP contribution < -0.4 is 0 Å². The molecule has 4 saturated carbocycles. The van der Waals surface area contributed by atoms with Crippen LogP contribution in [0.15, 0.2) is 35.4 Å². The van der Waals surface area contributed by atoms with Crippen LogP contribution in [-0.2, 0) is 19.1 Å². The number of rotatable bonds is 9. The van der Waals surface area contributed by atoms with Gasteiger partial charge in [0.2, 0.25) is 0 Å². The van der Waals surface area contributed by atoms with Gasteiger partial charge in [0.25, 0.3) is 5.91 Å². The Morgan fingerprint density at radius 2 is 1.57 bits per heavy atom. The number of nitrogens with zero attached hydrogens (tertiary/aromatic N) is 1. The highest BCUT2D eigenvalue weighted by atomic mass is 35.5. The fraction of sp³-hybridized carbons (Fsp3) is 0.733. The monoisotopic (exact) mass is 765 g/mol. The maximum absolute atomic E-state index is 14.1. The van der Waals surface area contributed by atoms with Crippen LogP contribution in [0.4, 0.5) is 0 Å². The average Bonchev–Trinajstić information content (AvgIpc) is 3.39. The second kappa shape index (κ2) is 13.7. The first-order valence-electron chi connectivity index (χ1n) is 20.4. The molecule has 8 nitrogen and oxygen atoms in total. The second-order valence-corrected chi connectivity index (χ2v) is 20.7. The lowest BCUT2D eigenvalue weighted by Gasteiger charge is -2.72. The molecule has 298 valence electrons. The molecule has 0 saturated heterocycles. The number of carbonyl (C=O) groups excluding carboxylic acids is 3. The zero-order valence-electron chi connectivity index (χ0n) is 34.3. The van der Waals surface area contributed by atoms with Gasteiger partial charge in [-0.15, -0.1) is 0 Å². The number of aliphatic hydroxyl groups is 1. The van der Waals surface area contributed by atoms with E-state index in [1.54, 1.807) is 50.1 Å². The lowest BCUT2D eigenvalue weighted by atomic mass is 9.33. The van der Waals surface area contributed by atoms with Gasteiger partial charge in [0.05, 0.1) is 17.9 Å². The van der Waals surface area contributed by atoms with E-state index in [4.69, 9.17) is 16.3 Å². The van der Waals surface area contributed by atoms with Gasteiger partial charge in [-0.1, -0.05) is 65.6 Å². The van der Waals surface area contributed by atoms with Gasteiger partial charge >= 0.3 is 11.9 Å². The van der Waals surface area contributed by atoms with Gasteiger partial charge in [0, 0.05) is 41.4 Å². The standard InChI is InChI=1S/C45H64ClNO7/c1-26(2)36-30(48)23-45(33(49)25-47(10)38(51)27-11-13-28(46)14-12-27)22-21-43(8)29(37(36)45)15-16-32-42(7)19-18-34(54-35(50)24-40(3,4)39(52)53)41(5,6)31(42)17-20-44(32,43)9/h11-14,26,29,31-34,49H,15-25H2,1-10H3,(H,52,53)/t29-,31+,32-,33?,34+,42+,43-,44-,45?/m1/s1. The van der Waals surface area contributed by atoms with E-state index in [1.807, 2.05) is 0 Å². The first-order chi connectivity index (χ1) is 25.0. The molecule has 0 bridgehead atoms. The number of carboxylic acid groups (broad SMARTS) is 1. The Kier molecular flexibility index (Phi) is 10.4. The van der Waals surface area contributed by atoms with E-state index in [9.17, 15) is 29.4 Å². The van der Waals surface area contributed by atoms with E-state index < -0.39 is 28.9 Å². The fourth-order valence-electron chi connectivity index (χ4n) is 13.2. The number of Topliss-reactive ketones (excluding diaryl/α,β-unsaturated/α-hetero) is 1. The number of ketones is 1.